The first-order chi connectivity index (χ1) is 21.0. The summed E-state index contributed by atoms with van der Waals surface area (Å²) in [5.74, 6) is 2.92. The molecule has 0 atom stereocenters. The number of benzene rings is 6. The zero-order valence-corrected chi connectivity index (χ0v) is 26.7. The van der Waals surface area contributed by atoms with Gasteiger partial charge in [0.05, 0.1) is 21.4 Å². The largest absolute Gasteiger partial charge is 0.0814 e. The van der Waals surface area contributed by atoms with Gasteiger partial charge in [-0.1, -0.05) is 132 Å². The van der Waals surface area contributed by atoms with E-state index in [0.717, 1.165) is 0 Å². The molecular formula is C42H34Si. The molecule has 1 heteroatoms. The summed E-state index contributed by atoms with van der Waals surface area (Å²) in [5, 5.41) is 8.48. The molecule has 6 aromatic rings. The van der Waals surface area contributed by atoms with Crippen molar-refractivity contribution in [1.29, 1.82) is 0 Å². The molecule has 0 N–H and O–H groups in total. The summed E-state index contributed by atoms with van der Waals surface area (Å²) in [6.07, 6.45) is 0. The lowest BCUT2D eigenvalue weighted by molar-refractivity contribution is 1.25. The predicted molar refractivity (Wildman–Crippen MR) is 187 cm³/mol. The topological polar surface area (TPSA) is 0 Å². The Morgan fingerprint density at radius 1 is 0.372 bits per heavy atom. The van der Waals surface area contributed by atoms with Gasteiger partial charge in [0.15, 0.2) is 0 Å². The second-order valence-corrected chi connectivity index (χ2v) is 14.0. The van der Waals surface area contributed by atoms with Crippen LogP contribution in [0.2, 0.25) is 0 Å². The third-order valence-electron chi connectivity index (χ3n) is 9.84. The van der Waals surface area contributed by atoms with Crippen LogP contribution >= 0.6 is 0 Å². The van der Waals surface area contributed by atoms with Crippen molar-refractivity contribution < 1.29 is 0 Å². The number of hydrogen-bond donors (Lipinski definition) is 0. The van der Waals surface area contributed by atoms with E-state index in [4.69, 9.17) is 0 Å². The lowest BCUT2D eigenvalue weighted by atomic mass is 9.86. The van der Waals surface area contributed by atoms with Gasteiger partial charge in [-0.2, -0.15) is 0 Å². The van der Waals surface area contributed by atoms with Crippen molar-refractivity contribution in [2.45, 2.75) is 27.7 Å². The van der Waals surface area contributed by atoms with Crippen LogP contribution in [0.4, 0.5) is 0 Å². The van der Waals surface area contributed by atoms with Crippen LogP contribution in [0.3, 0.4) is 0 Å². The Labute approximate surface area is 257 Å². The Morgan fingerprint density at radius 3 is 1.19 bits per heavy atom. The van der Waals surface area contributed by atoms with E-state index >= 15 is 0 Å². The standard InChI is InChI=1S/C42H34Si/c1-25-21-23-29-13-5-7-17-33(29)37(25)39-35-19-11-9-15-31(35)27(3)41(39)43-42-28(4)32-16-10-12-20-36(32)40(42)38-26(2)22-24-30-14-6-8-18-34(30)38/h5-24H,43H2,1-4H3. The minimum absolute atomic E-state index is 0.920. The van der Waals surface area contributed by atoms with Gasteiger partial charge in [0, 0.05) is 0 Å². The molecule has 2 radical (unpaired) electrons. The second-order valence-electron chi connectivity index (χ2n) is 12.2. The average Bonchev–Trinajstić information content (AvgIpc) is 3.47. The van der Waals surface area contributed by atoms with E-state index in [1.807, 2.05) is 0 Å². The molecule has 0 nitrogen and oxygen atoms in total. The minimum atomic E-state index is -0.920. The summed E-state index contributed by atoms with van der Waals surface area (Å²) in [4.78, 5) is 0. The highest BCUT2D eigenvalue weighted by Crippen LogP contribution is 2.52. The number of allylic oxidation sites excluding steroid dienone is 4. The van der Waals surface area contributed by atoms with Crippen molar-refractivity contribution in [3.63, 3.8) is 0 Å². The van der Waals surface area contributed by atoms with E-state index in [-0.39, 0.29) is 0 Å². The first-order valence-corrected chi connectivity index (χ1v) is 16.8. The molecule has 0 amide bonds. The van der Waals surface area contributed by atoms with Crippen molar-refractivity contribution in [2.24, 2.45) is 0 Å². The number of aryl methyl sites for hydroxylation is 2. The van der Waals surface area contributed by atoms with Crippen LogP contribution in [-0.4, -0.2) is 9.52 Å². The Bertz CT molecular complexity index is 2000. The molecule has 0 aromatic heterocycles. The van der Waals surface area contributed by atoms with Crippen LogP contribution in [-0.2, 0) is 0 Å². The average molecular weight is 567 g/mol. The molecule has 0 heterocycles. The Balaban J connectivity index is 1.36. The van der Waals surface area contributed by atoms with Crippen LogP contribution in [0.15, 0.2) is 132 Å². The van der Waals surface area contributed by atoms with Gasteiger partial charge in [-0.15, -0.1) is 0 Å². The maximum atomic E-state index is 2.37. The molecule has 43 heavy (non-hydrogen) atoms. The van der Waals surface area contributed by atoms with Gasteiger partial charge >= 0.3 is 0 Å². The van der Waals surface area contributed by atoms with Gasteiger partial charge in [0.25, 0.3) is 0 Å². The molecule has 0 spiro atoms. The fraction of sp³-hybridized carbons (Fsp3) is 0.0952. The van der Waals surface area contributed by atoms with Gasteiger partial charge in [0.1, 0.15) is 0 Å². The Hall–Kier alpha value is -4.46. The maximum Gasteiger partial charge on any atom is 0.0814 e. The zero-order chi connectivity index (χ0) is 29.2. The molecule has 2 aliphatic carbocycles. The molecule has 0 bridgehead atoms. The highest BCUT2D eigenvalue weighted by molar-refractivity contribution is 6.61. The van der Waals surface area contributed by atoms with Crippen molar-refractivity contribution >= 4 is 42.2 Å². The van der Waals surface area contributed by atoms with Gasteiger partial charge < -0.3 is 0 Å². The molecule has 0 unspecified atom stereocenters. The summed E-state index contributed by atoms with van der Waals surface area (Å²) >= 11 is 0. The van der Waals surface area contributed by atoms with Gasteiger partial charge in [-0.25, -0.2) is 0 Å². The van der Waals surface area contributed by atoms with Gasteiger partial charge in [-0.3, -0.25) is 0 Å². The van der Waals surface area contributed by atoms with E-state index in [1.54, 1.807) is 10.4 Å². The summed E-state index contributed by atoms with van der Waals surface area (Å²) in [6, 6.07) is 45.2. The summed E-state index contributed by atoms with van der Waals surface area (Å²) < 4.78 is 0. The summed E-state index contributed by atoms with van der Waals surface area (Å²) in [7, 11) is -0.920. The molecule has 2 aliphatic rings. The second kappa shape index (κ2) is 10.1. The fourth-order valence-corrected chi connectivity index (χ4v) is 10.0. The van der Waals surface area contributed by atoms with Gasteiger partial charge in [-0.05, 0) is 105 Å². The summed E-state index contributed by atoms with van der Waals surface area (Å²) in [5.41, 5.74) is 14.0. The third-order valence-corrected chi connectivity index (χ3v) is 12.3. The molecular weight excluding hydrogens is 533 g/mol. The van der Waals surface area contributed by atoms with E-state index in [1.165, 1.54) is 89.0 Å². The van der Waals surface area contributed by atoms with Crippen LogP contribution in [0.5, 0.6) is 0 Å². The quantitative estimate of drug-likeness (QED) is 0.186. The highest BCUT2D eigenvalue weighted by atomic mass is 28.2. The monoisotopic (exact) mass is 566 g/mol. The van der Waals surface area contributed by atoms with Crippen LogP contribution < -0.4 is 0 Å². The van der Waals surface area contributed by atoms with E-state index in [0.29, 0.717) is 0 Å². The van der Waals surface area contributed by atoms with E-state index in [9.17, 15) is 0 Å². The molecule has 8 rings (SSSR count). The smallest absolute Gasteiger partial charge is 0.0634 e. The maximum absolute atomic E-state index is 2.37. The zero-order valence-electron chi connectivity index (χ0n) is 25.3. The normalized spacial score (nSPS) is 15.2. The van der Waals surface area contributed by atoms with E-state index in [2.05, 4.69) is 149 Å². The molecule has 0 saturated carbocycles. The van der Waals surface area contributed by atoms with Crippen molar-refractivity contribution in [3.8, 4) is 0 Å². The summed E-state index contributed by atoms with van der Waals surface area (Å²) in [6.45, 7) is 9.32. The van der Waals surface area contributed by atoms with Crippen LogP contribution in [0, 0.1) is 25.7 Å². The fourth-order valence-electron chi connectivity index (χ4n) is 7.70. The van der Waals surface area contributed by atoms with Gasteiger partial charge in [0.2, 0.25) is 0 Å². The Kier molecular flexibility index (Phi) is 6.13. The lowest BCUT2D eigenvalue weighted by Crippen LogP contribution is -2.17. The lowest BCUT2D eigenvalue weighted by Gasteiger charge is -2.25. The number of fused-ring (bicyclic) bond motifs is 4. The Morgan fingerprint density at radius 2 is 0.744 bits per heavy atom. The minimum Gasteiger partial charge on any atom is -0.0634 e. The van der Waals surface area contributed by atoms with Crippen LogP contribution in [0.1, 0.15) is 58.4 Å². The SMILES string of the molecule is CC1=C([SiH2]C2=C(C)c3ccccc3[C]2c2c(C)ccc3ccccc23)[C](c2c(C)ccc3ccccc23)c2ccccc21. The molecule has 0 saturated heterocycles. The number of hydrogen-bond acceptors (Lipinski definition) is 0. The van der Waals surface area contributed by atoms with E-state index < -0.39 is 9.52 Å². The van der Waals surface area contributed by atoms with Crippen molar-refractivity contribution in [2.75, 3.05) is 0 Å². The number of rotatable bonds is 4. The molecule has 6 aromatic carbocycles. The molecule has 0 aliphatic heterocycles. The molecule has 0 fully saturated rings. The first kappa shape index (κ1) is 26.2. The molecule has 206 valence electrons. The third kappa shape index (κ3) is 3.95. The van der Waals surface area contributed by atoms with Crippen molar-refractivity contribution in [1.82, 2.24) is 0 Å². The first-order valence-electron chi connectivity index (χ1n) is 15.3. The van der Waals surface area contributed by atoms with Crippen molar-refractivity contribution in [3.05, 3.63) is 188 Å². The highest BCUT2D eigenvalue weighted by Gasteiger charge is 2.38. The predicted octanol–water partition coefficient (Wildman–Crippen LogP) is 9.91. The van der Waals surface area contributed by atoms with Crippen LogP contribution in [0.25, 0.3) is 32.7 Å².